The predicted octanol–water partition coefficient (Wildman–Crippen LogP) is 4.34. The second-order valence-electron chi connectivity index (χ2n) is 8.60. The van der Waals surface area contributed by atoms with E-state index < -0.39 is 35.6 Å². The molecule has 0 aliphatic carbocycles. The normalized spacial score (nSPS) is 13.2. The number of alkyl halides is 3. The number of aliphatic hydroxyl groups excluding tert-OH is 1. The molecule has 2 atom stereocenters. The fourth-order valence-electron chi connectivity index (χ4n) is 3.90. The number of aldehydes is 1. The molecule has 0 aliphatic rings. The van der Waals surface area contributed by atoms with E-state index in [4.69, 9.17) is 4.74 Å². The van der Waals surface area contributed by atoms with Crippen molar-refractivity contribution in [2.24, 2.45) is 0 Å². The Morgan fingerprint density at radius 2 is 1.85 bits per heavy atom. The molecular weight excluding hydrogens is 520 g/mol. The van der Waals surface area contributed by atoms with Gasteiger partial charge in [0.2, 0.25) is 5.91 Å². The summed E-state index contributed by atoms with van der Waals surface area (Å²) >= 11 is 0. The number of amides is 1. The number of ether oxygens (including phenoxy) is 1. The lowest BCUT2D eigenvalue weighted by atomic mass is 9.99. The van der Waals surface area contributed by atoms with Gasteiger partial charge >= 0.3 is 6.18 Å². The Balaban J connectivity index is 1.28. The minimum atomic E-state index is -4.54. The average molecular weight is 545 g/mol. The summed E-state index contributed by atoms with van der Waals surface area (Å²) in [6.45, 7) is 0.495. The number of fused-ring (bicyclic) bond motifs is 1. The van der Waals surface area contributed by atoms with Crippen molar-refractivity contribution < 1.29 is 37.0 Å². The van der Waals surface area contributed by atoms with Crippen molar-refractivity contribution in [3.63, 3.8) is 0 Å². The van der Waals surface area contributed by atoms with Crippen LogP contribution in [0.1, 0.15) is 28.8 Å². The number of benzene rings is 3. The van der Waals surface area contributed by atoms with E-state index in [0.29, 0.717) is 23.2 Å². The van der Waals surface area contributed by atoms with E-state index in [1.165, 1.54) is 30.3 Å². The maximum absolute atomic E-state index is 14.4. The van der Waals surface area contributed by atoms with E-state index in [1.807, 2.05) is 5.10 Å². The fourth-order valence-corrected chi connectivity index (χ4v) is 3.90. The molecule has 1 aromatic heterocycles. The molecule has 0 bridgehead atoms. The summed E-state index contributed by atoms with van der Waals surface area (Å²) in [4.78, 5) is 24.1. The number of carbonyl (C=O) groups excluding carboxylic acids is 2. The Labute approximate surface area is 220 Å². The van der Waals surface area contributed by atoms with Crippen LogP contribution in [0.4, 0.5) is 23.2 Å². The van der Waals surface area contributed by atoms with Gasteiger partial charge in [-0.05, 0) is 35.4 Å². The largest absolute Gasteiger partial charge is 0.492 e. The number of nitrogens with zero attached hydrogens (tertiary/aromatic N) is 1. The Hall–Kier alpha value is -4.29. The van der Waals surface area contributed by atoms with Gasteiger partial charge in [-0.15, -0.1) is 0 Å². The number of hydrogen-bond acceptors (Lipinski definition) is 6. The molecule has 0 saturated carbocycles. The molecule has 0 spiro atoms. The van der Waals surface area contributed by atoms with E-state index >= 15 is 0 Å². The van der Waals surface area contributed by atoms with Crippen molar-refractivity contribution >= 4 is 28.8 Å². The first-order valence-electron chi connectivity index (χ1n) is 11.8. The van der Waals surface area contributed by atoms with Crippen molar-refractivity contribution in [3.05, 3.63) is 89.4 Å². The van der Waals surface area contributed by atoms with Crippen LogP contribution in [0.25, 0.3) is 10.9 Å². The van der Waals surface area contributed by atoms with Crippen LogP contribution in [0, 0.1) is 5.82 Å². The molecular formula is C27H24F4N4O4. The molecule has 12 heteroatoms. The summed E-state index contributed by atoms with van der Waals surface area (Å²) in [5.74, 6) is -2.23. The van der Waals surface area contributed by atoms with Crippen molar-refractivity contribution in [2.45, 2.75) is 18.2 Å². The number of halogens is 4. The third kappa shape index (κ3) is 6.78. The Kier molecular flexibility index (Phi) is 8.57. The first kappa shape index (κ1) is 27.7. The molecule has 3 aromatic carbocycles. The highest BCUT2D eigenvalue weighted by molar-refractivity contribution is 6.05. The number of aromatic amines is 1. The van der Waals surface area contributed by atoms with Crippen molar-refractivity contribution in [3.8, 4) is 5.75 Å². The zero-order valence-electron chi connectivity index (χ0n) is 20.3. The van der Waals surface area contributed by atoms with Gasteiger partial charge in [0, 0.05) is 24.5 Å². The highest BCUT2D eigenvalue weighted by Crippen LogP contribution is 2.34. The van der Waals surface area contributed by atoms with E-state index in [2.05, 4.69) is 15.7 Å². The lowest BCUT2D eigenvalue weighted by molar-refractivity contribution is -0.140. The highest BCUT2D eigenvalue weighted by atomic mass is 19.4. The molecule has 4 rings (SSSR count). The van der Waals surface area contributed by atoms with Crippen LogP contribution in [0.15, 0.2) is 66.7 Å². The number of rotatable bonds is 11. The van der Waals surface area contributed by atoms with Crippen LogP contribution in [0.3, 0.4) is 0 Å². The number of nitrogens with one attached hydrogen (secondary N) is 3. The minimum Gasteiger partial charge on any atom is -0.492 e. The molecule has 8 nitrogen and oxygen atoms in total. The minimum absolute atomic E-state index is 0.0623. The van der Waals surface area contributed by atoms with E-state index in [0.717, 1.165) is 6.07 Å². The fraction of sp³-hybridized carbons (Fsp3) is 0.222. The van der Waals surface area contributed by atoms with E-state index in [-0.39, 0.29) is 36.3 Å². The van der Waals surface area contributed by atoms with Crippen molar-refractivity contribution in [1.82, 2.24) is 15.5 Å². The van der Waals surface area contributed by atoms with Crippen LogP contribution < -0.4 is 15.4 Å². The van der Waals surface area contributed by atoms with Gasteiger partial charge in [0.25, 0.3) is 0 Å². The van der Waals surface area contributed by atoms with Gasteiger partial charge in [0.15, 0.2) is 0 Å². The predicted molar refractivity (Wildman–Crippen MR) is 135 cm³/mol. The zero-order chi connectivity index (χ0) is 28.0. The number of anilines is 1. The number of H-pyrrole nitrogens is 1. The number of carbonyl (C=O) groups is 2. The standard InChI is InChI=1S/C27H24F4N4O4/c28-21-9-6-17(12-23(21)33-26(38)20(15-36)16-4-2-1-3-5-16)24(37)14-32-10-11-39-18-7-8-19-22(13-18)34-35-25(19)27(29,30)31/h1-9,12-13,15,20,24,32,37H,10-11,14H2,(H,33,38)(H,34,35)/t20?,24-/m0/s1. The third-order valence-electron chi connectivity index (χ3n) is 5.91. The smallest absolute Gasteiger partial charge is 0.433 e. The molecule has 39 heavy (non-hydrogen) atoms. The molecule has 0 radical (unpaired) electrons. The summed E-state index contributed by atoms with van der Waals surface area (Å²) in [5.41, 5.74) is -0.200. The van der Waals surface area contributed by atoms with Gasteiger partial charge in [-0.25, -0.2) is 4.39 Å². The highest BCUT2D eigenvalue weighted by Gasteiger charge is 2.35. The molecule has 1 unspecified atom stereocenters. The summed E-state index contributed by atoms with van der Waals surface area (Å²) < 4.78 is 58.8. The third-order valence-corrected chi connectivity index (χ3v) is 5.91. The monoisotopic (exact) mass is 544 g/mol. The average Bonchev–Trinajstić information content (AvgIpc) is 3.35. The Morgan fingerprint density at radius 3 is 2.56 bits per heavy atom. The molecule has 4 aromatic rings. The van der Waals surface area contributed by atoms with Crippen LogP contribution in [-0.2, 0) is 15.8 Å². The molecule has 0 saturated heterocycles. The summed E-state index contributed by atoms with van der Waals surface area (Å²) in [7, 11) is 0. The molecule has 1 amide bonds. The Morgan fingerprint density at radius 1 is 1.08 bits per heavy atom. The van der Waals surface area contributed by atoms with Crippen molar-refractivity contribution in [1.29, 1.82) is 0 Å². The molecule has 4 N–H and O–H groups in total. The number of hydrogen-bond donors (Lipinski definition) is 4. The quantitative estimate of drug-likeness (QED) is 0.0966. The molecule has 1 heterocycles. The van der Waals surface area contributed by atoms with Gasteiger partial charge in [0.1, 0.15) is 36.1 Å². The van der Waals surface area contributed by atoms with Gasteiger partial charge in [-0.1, -0.05) is 36.4 Å². The van der Waals surface area contributed by atoms with Gasteiger partial charge in [-0.2, -0.15) is 18.3 Å². The number of aliphatic hydroxyl groups is 1. The zero-order valence-corrected chi connectivity index (χ0v) is 20.3. The van der Waals surface area contributed by atoms with Gasteiger partial charge < -0.3 is 25.3 Å². The van der Waals surface area contributed by atoms with Gasteiger partial charge in [-0.3, -0.25) is 9.89 Å². The summed E-state index contributed by atoms with van der Waals surface area (Å²) in [6, 6.07) is 16.2. The van der Waals surface area contributed by atoms with E-state index in [1.54, 1.807) is 30.3 Å². The first-order valence-corrected chi connectivity index (χ1v) is 11.8. The van der Waals surface area contributed by atoms with Crippen LogP contribution in [0.5, 0.6) is 5.75 Å². The summed E-state index contributed by atoms with van der Waals surface area (Å²) in [5, 5.41) is 21.5. The topological polar surface area (TPSA) is 116 Å². The SMILES string of the molecule is O=CC(C(=O)Nc1cc([C@@H](O)CNCCOc2ccc3c(C(F)(F)F)[nH]nc3c2)ccc1F)c1ccccc1. The second kappa shape index (κ2) is 12.0. The molecule has 204 valence electrons. The van der Waals surface area contributed by atoms with Crippen LogP contribution in [-0.4, -0.2) is 47.2 Å². The molecule has 0 fully saturated rings. The maximum Gasteiger partial charge on any atom is 0.433 e. The lowest BCUT2D eigenvalue weighted by Crippen LogP contribution is -2.26. The first-order chi connectivity index (χ1) is 18.7. The second-order valence-corrected chi connectivity index (χ2v) is 8.60. The van der Waals surface area contributed by atoms with Crippen LogP contribution in [0.2, 0.25) is 0 Å². The van der Waals surface area contributed by atoms with Crippen molar-refractivity contribution in [2.75, 3.05) is 25.0 Å². The van der Waals surface area contributed by atoms with E-state index in [9.17, 15) is 32.3 Å². The summed E-state index contributed by atoms with van der Waals surface area (Å²) in [6.07, 6.45) is -5.13. The molecule has 0 aliphatic heterocycles. The maximum atomic E-state index is 14.4. The van der Waals surface area contributed by atoms with Crippen LogP contribution >= 0.6 is 0 Å². The Bertz CT molecular complexity index is 1440. The van der Waals surface area contributed by atoms with Gasteiger partial charge in [0.05, 0.1) is 17.3 Å². The number of aromatic nitrogens is 2. The lowest BCUT2D eigenvalue weighted by Gasteiger charge is -2.16.